The van der Waals surface area contributed by atoms with Gasteiger partial charge in [0.1, 0.15) is 11.4 Å². The fourth-order valence-electron chi connectivity index (χ4n) is 4.05. The third kappa shape index (κ3) is 5.71. The molecule has 0 spiro atoms. The molecule has 4 N–H and O–H groups in total. The van der Waals surface area contributed by atoms with Crippen LogP contribution in [0.1, 0.15) is 46.5 Å². The molecule has 1 saturated carbocycles. The van der Waals surface area contributed by atoms with Crippen LogP contribution in [0.4, 0.5) is 0 Å². The number of amides is 2. The van der Waals surface area contributed by atoms with Crippen molar-refractivity contribution < 1.29 is 24.2 Å². The lowest BCUT2D eigenvalue weighted by Gasteiger charge is -2.26. The van der Waals surface area contributed by atoms with E-state index >= 15 is 0 Å². The monoisotopic (exact) mass is 449 g/mol. The van der Waals surface area contributed by atoms with Crippen molar-refractivity contribution in [2.24, 2.45) is 5.92 Å². The number of para-hydroxylation sites is 1. The van der Waals surface area contributed by atoms with Gasteiger partial charge in [0, 0.05) is 29.6 Å². The molecule has 1 aliphatic carbocycles. The number of aromatic amines is 1. The van der Waals surface area contributed by atoms with E-state index in [1.165, 1.54) is 0 Å². The Morgan fingerprint density at radius 3 is 2.24 bits per heavy atom. The lowest BCUT2D eigenvalue weighted by atomic mass is 9.87. The minimum atomic E-state index is -0.735. The second kappa shape index (κ2) is 10.2. The molecule has 3 aromatic rings. The third-order valence-electron chi connectivity index (χ3n) is 5.91. The zero-order valence-electron chi connectivity index (χ0n) is 18.2. The van der Waals surface area contributed by atoms with E-state index in [-0.39, 0.29) is 23.8 Å². The number of carbonyl (C=O) groups is 3. The Bertz CT molecular complexity index is 1100. The van der Waals surface area contributed by atoms with Crippen LogP contribution in [0.5, 0.6) is 5.75 Å². The van der Waals surface area contributed by atoms with E-state index in [2.05, 4.69) is 15.6 Å². The maximum atomic E-state index is 12.4. The highest BCUT2D eigenvalue weighted by Gasteiger charge is 2.26. The van der Waals surface area contributed by atoms with Gasteiger partial charge in [-0.05, 0) is 62.1 Å². The molecule has 0 radical (unpaired) electrons. The number of ether oxygens (including phenoxy) is 1. The summed E-state index contributed by atoms with van der Waals surface area (Å²) in [4.78, 5) is 38.8. The molecule has 8 heteroatoms. The van der Waals surface area contributed by atoms with Gasteiger partial charge < -0.3 is 25.5 Å². The fraction of sp³-hybridized carbons (Fsp3) is 0.320. The average Bonchev–Trinajstić information content (AvgIpc) is 3.27. The minimum absolute atomic E-state index is 0.00107. The zero-order valence-corrected chi connectivity index (χ0v) is 18.2. The predicted octanol–water partition coefficient (Wildman–Crippen LogP) is 3.35. The summed E-state index contributed by atoms with van der Waals surface area (Å²) < 4.78 is 5.93. The molecule has 0 unspecified atom stereocenters. The second-order valence-electron chi connectivity index (χ2n) is 8.24. The Morgan fingerprint density at radius 2 is 1.58 bits per heavy atom. The Hall–Kier alpha value is -3.81. The molecular formula is C25H27N3O5. The van der Waals surface area contributed by atoms with Gasteiger partial charge in [-0.15, -0.1) is 0 Å². The molecule has 172 valence electrons. The van der Waals surface area contributed by atoms with Crippen LogP contribution >= 0.6 is 0 Å². The summed E-state index contributed by atoms with van der Waals surface area (Å²) in [6.07, 6.45) is 2.67. The van der Waals surface area contributed by atoms with Gasteiger partial charge in [0.15, 0.2) is 0 Å². The molecular weight excluding hydrogens is 422 g/mol. The SMILES string of the molecule is O=C(NCCNC(=O)c1cc2ccccc2[nH]1)c1ccc(O[C@H]2CC[C@@H](C(=O)O)CC2)cc1. The number of aliphatic carboxylic acids is 1. The number of carboxylic acids is 1. The lowest BCUT2D eigenvalue weighted by Crippen LogP contribution is -2.34. The van der Waals surface area contributed by atoms with Gasteiger partial charge in [-0.25, -0.2) is 0 Å². The number of hydrogen-bond donors (Lipinski definition) is 4. The summed E-state index contributed by atoms with van der Waals surface area (Å²) in [5.41, 5.74) is 1.88. The third-order valence-corrected chi connectivity index (χ3v) is 5.91. The summed E-state index contributed by atoms with van der Waals surface area (Å²) in [6.45, 7) is 0.607. The van der Waals surface area contributed by atoms with Crippen LogP contribution in [-0.4, -0.2) is 47.1 Å². The van der Waals surface area contributed by atoms with Crippen molar-refractivity contribution in [3.63, 3.8) is 0 Å². The van der Waals surface area contributed by atoms with Crippen molar-refractivity contribution in [2.45, 2.75) is 31.8 Å². The van der Waals surface area contributed by atoms with Gasteiger partial charge in [0.25, 0.3) is 11.8 Å². The molecule has 4 rings (SSSR count). The number of carboxylic acid groups (broad SMARTS) is 1. The topological polar surface area (TPSA) is 121 Å². The molecule has 0 aliphatic heterocycles. The Morgan fingerprint density at radius 1 is 0.909 bits per heavy atom. The zero-order chi connectivity index (χ0) is 23.2. The van der Waals surface area contributed by atoms with E-state index in [1.807, 2.05) is 24.3 Å². The summed E-state index contributed by atoms with van der Waals surface area (Å²) in [7, 11) is 0. The van der Waals surface area contributed by atoms with Gasteiger partial charge in [-0.2, -0.15) is 0 Å². The maximum absolute atomic E-state index is 12.4. The van der Waals surface area contributed by atoms with E-state index in [1.54, 1.807) is 30.3 Å². The first-order valence-corrected chi connectivity index (χ1v) is 11.1. The van der Waals surface area contributed by atoms with Crippen LogP contribution in [0.2, 0.25) is 0 Å². The van der Waals surface area contributed by atoms with E-state index in [0.29, 0.717) is 55.8 Å². The van der Waals surface area contributed by atoms with Crippen molar-refractivity contribution in [3.05, 3.63) is 65.9 Å². The number of hydrogen-bond acceptors (Lipinski definition) is 4. The van der Waals surface area contributed by atoms with Crippen LogP contribution in [0.25, 0.3) is 10.9 Å². The highest BCUT2D eigenvalue weighted by molar-refractivity contribution is 5.98. The van der Waals surface area contributed by atoms with Gasteiger partial charge in [0.2, 0.25) is 0 Å². The molecule has 2 amide bonds. The van der Waals surface area contributed by atoms with Crippen LogP contribution in [0.15, 0.2) is 54.6 Å². The molecule has 1 aliphatic rings. The van der Waals surface area contributed by atoms with Crippen molar-refractivity contribution >= 4 is 28.7 Å². The first-order chi connectivity index (χ1) is 16.0. The smallest absolute Gasteiger partial charge is 0.306 e. The van der Waals surface area contributed by atoms with Crippen LogP contribution in [0.3, 0.4) is 0 Å². The number of rotatable bonds is 8. The molecule has 0 atom stereocenters. The average molecular weight is 450 g/mol. The second-order valence-corrected chi connectivity index (χ2v) is 8.24. The molecule has 1 aromatic heterocycles. The Labute approximate surface area is 191 Å². The molecule has 8 nitrogen and oxygen atoms in total. The van der Waals surface area contributed by atoms with Gasteiger partial charge >= 0.3 is 5.97 Å². The van der Waals surface area contributed by atoms with Gasteiger partial charge in [0.05, 0.1) is 12.0 Å². The largest absolute Gasteiger partial charge is 0.490 e. The molecule has 2 aromatic carbocycles. The highest BCUT2D eigenvalue weighted by atomic mass is 16.5. The van der Waals surface area contributed by atoms with Crippen LogP contribution in [0, 0.1) is 5.92 Å². The molecule has 33 heavy (non-hydrogen) atoms. The fourth-order valence-corrected chi connectivity index (χ4v) is 4.05. The van der Waals surface area contributed by atoms with Crippen LogP contribution < -0.4 is 15.4 Å². The van der Waals surface area contributed by atoms with Crippen molar-refractivity contribution in [1.29, 1.82) is 0 Å². The van der Waals surface area contributed by atoms with Crippen LogP contribution in [-0.2, 0) is 4.79 Å². The minimum Gasteiger partial charge on any atom is -0.490 e. The number of H-pyrrole nitrogens is 1. The van der Waals surface area contributed by atoms with Crippen molar-refractivity contribution in [3.8, 4) is 5.75 Å². The number of aromatic nitrogens is 1. The molecule has 0 bridgehead atoms. The van der Waals surface area contributed by atoms with E-state index in [4.69, 9.17) is 9.84 Å². The van der Waals surface area contributed by atoms with E-state index in [0.717, 1.165) is 10.9 Å². The van der Waals surface area contributed by atoms with E-state index in [9.17, 15) is 14.4 Å². The number of benzene rings is 2. The number of carbonyl (C=O) groups excluding carboxylic acids is 2. The van der Waals surface area contributed by atoms with Crippen molar-refractivity contribution in [1.82, 2.24) is 15.6 Å². The standard InChI is InChI=1S/C25H27N3O5/c29-23(26-13-14-27-24(30)22-15-18-3-1-2-4-21(18)28-22)16-5-9-19(10-6-16)33-20-11-7-17(8-12-20)25(31)32/h1-6,9-10,15,17,20,28H,7-8,11-14H2,(H,26,29)(H,27,30)(H,31,32)/t17-,20+. The summed E-state index contributed by atoms with van der Waals surface area (Å²) >= 11 is 0. The normalized spacial score (nSPS) is 17.9. The molecule has 0 saturated heterocycles. The Balaban J connectivity index is 1.19. The number of nitrogens with one attached hydrogen (secondary N) is 3. The maximum Gasteiger partial charge on any atom is 0.306 e. The number of fused-ring (bicyclic) bond motifs is 1. The predicted molar refractivity (Wildman–Crippen MR) is 123 cm³/mol. The summed E-state index contributed by atoms with van der Waals surface area (Å²) in [6, 6.07) is 16.3. The molecule has 1 fully saturated rings. The highest BCUT2D eigenvalue weighted by Crippen LogP contribution is 2.28. The molecule has 1 heterocycles. The van der Waals surface area contributed by atoms with Gasteiger partial charge in [-0.3, -0.25) is 14.4 Å². The first-order valence-electron chi connectivity index (χ1n) is 11.1. The summed E-state index contributed by atoms with van der Waals surface area (Å²) in [5.74, 6) is -0.803. The van der Waals surface area contributed by atoms with Gasteiger partial charge in [-0.1, -0.05) is 18.2 Å². The van der Waals surface area contributed by atoms with Crippen molar-refractivity contribution in [2.75, 3.05) is 13.1 Å². The Kier molecular flexibility index (Phi) is 6.92. The van der Waals surface area contributed by atoms with E-state index < -0.39 is 5.97 Å². The lowest BCUT2D eigenvalue weighted by molar-refractivity contribution is -0.143. The first kappa shape index (κ1) is 22.4. The summed E-state index contributed by atoms with van der Waals surface area (Å²) in [5, 5.41) is 15.6. The quantitative estimate of drug-likeness (QED) is 0.393.